The zero-order chi connectivity index (χ0) is 6.85. The Labute approximate surface area is 67.4 Å². The van der Waals surface area contributed by atoms with E-state index in [4.69, 9.17) is 28.9 Å². The van der Waals surface area contributed by atoms with Gasteiger partial charge in [0.25, 0.3) is 0 Å². The van der Waals surface area contributed by atoms with Gasteiger partial charge in [0, 0.05) is 11.4 Å². The molecule has 0 saturated carbocycles. The molecule has 0 amide bonds. The SMILES string of the molecule is NCc1cc(Cl)c(Cl)s1. The molecule has 50 valence electrons. The summed E-state index contributed by atoms with van der Waals surface area (Å²) in [6, 6.07) is 1.79. The van der Waals surface area contributed by atoms with Gasteiger partial charge in [-0.25, -0.2) is 0 Å². The summed E-state index contributed by atoms with van der Waals surface area (Å²) >= 11 is 12.7. The highest BCUT2D eigenvalue weighted by atomic mass is 35.5. The molecule has 1 aromatic heterocycles. The van der Waals surface area contributed by atoms with Gasteiger partial charge < -0.3 is 5.73 Å². The molecule has 1 rings (SSSR count). The number of hydrogen-bond acceptors (Lipinski definition) is 2. The second-order valence-corrected chi connectivity index (χ2v) is 3.68. The van der Waals surface area contributed by atoms with E-state index in [1.54, 1.807) is 6.07 Å². The minimum absolute atomic E-state index is 0.511. The van der Waals surface area contributed by atoms with Gasteiger partial charge >= 0.3 is 0 Å². The molecule has 0 fully saturated rings. The Hall–Kier alpha value is 0.240. The van der Waals surface area contributed by atoms with E-state index in [9.17, 15) is 0 Å². The van der Waals surface area contributed by atoms with Crippen LogP contribution in [0.2, 0.25) is 9.36 Å². The fourth-order valence-corrected chi connectivity index (χ4v) is 1.80. The molecular formula is C5H5Cl2NS. The van der Waals surface area contributed by atoms with E-state index in [0.717, 1.165) is 4.88 Å². The van der Waals surface area contributed by atoms with E-state index in [1.807, 2.05) is 0 Å². The average Bonchev–Trinajstić information content (AvgIpc) is 2.13. The highest BCUT2D eigenvalue weighted by Gasteiger charge is 2.01. The lowest BCUT2D eigenvalue weighted by Crippen LogP contribution is -1.91. The summed E-state index contributed by atoms with van der Waals surface area (Å²) in [5.41, 5.74) is 5.33. The third-order valence-electron chi connectivity index (χ3n) is 0.897. The molecule has 0 saturated heterocycles. The summed E-state index contributed by atoms with van der Waals surface area (Å²) < 4.78 is 0.622. The van der Waals surface area contributed by atoms with Crippen LogP contribution in [0.4, 0.5) is 0 Å². The van der Waals surface area contributed by atoms with Crippen LogP contribution in [0.1, 0.15) is 4.88 Å². The van der Waals surface area contributed by atoms with Crippen molar-refractivity contribution in [3.63, 3.8) is 0 Å². The highest BCUT2D eigenvalue weighted by Crippen LogP contribution is 2.30. The molecule has 0 spiro atoms. The first-order chi connectivity index (χ1) is 4.24. The molecule has 0 aliphatic carbocycles. The van der Waals surface area contributed by atoms with Crippen LogP contribution >= 0.6 is 34.5 Å². The quantitative estimate of drug-likeness (QED) is 0.709. The first-order valence-electron chi connectivity index (χ1n) is 2.38. The third-order valence-corrected chi connectivity index (χ3v) is 2.79. The molecule has 0 unspecified atom stereocenters. The van der Waals surface area contributed by atoms with Crippen molar-refractivity contribution in [1.82, 2.24) is 0 Å². The second-order valence-electron chi connectivity index (χ2n) is 1.54. The number of rotatable bonds is 1. The van der Waals surface area contributed by atoms with Crippen LogP contribution in [0, 0.1) is 0 Å². The monoisotopic (exact) mass is 181 g/mol. The molecule has 0 aromatic carbocycles. The van der Waals surface area contributed by atoms with Crippen molar-refractivity contribution in [2.45, 2.75) is 6.54 Å². The van der Waals surface area contributed by atoms with E-state index in [2.05, 4.69) is 0 Å². The van der Waals surface area contributed by atoms with Crippen LogP contribution in [-0.4, -0.2) is 0 Å². The molecular weight excluding hydrogens is 177 g/mol. The number of nitrogens with two attached hydrogens (primary N) is 1. The van der Waals surface area contributed by atoms with Crippen molar-refractivity contribution in [2.24, 2.45) is 5.73 Å². The molecule has 0 atom stereocenters. The molecule has 4 heteroatoms. The second kappa shape index (κ2) is 2.88. The topological polar surface area (TPSA) is 26.0 Å². The molecule has 0 aliphatic heterocycles. The van der Waals surface area contributed by atoms with Gasteiger partial charge in [-0.2, -0.15) is 0 Å². The van der Waals surface area contributed by atoms with Gasteiger partial charge in [0.15, 0.2) is 0 Å². The Balaban J connectivity index is 2.98. The summed E-state index contributed by atoms with van der Waals surface area (Å²) in [5, 5.41) is 0.599. The van der Waals surface area contributed by atoms with Crippen LogP contribution in [-0.2, 0) is 6.54 Å². The van der Waals surface area contributed by atoms with E-state index >= 15 is 0 Å². The van der Waals surface area contributed by atoms with Crippen LogP contribution in [0.5, 0.6) is 0 Å². The first kappa shape index (κ1) is 7.35. The zero-order valence-corrected chi connectivity index (χ0v) is 6.85. The van der Waals surface area contributed by atoms with Gasteiger partial charge in [-0.1, -0.05) is 23.2 Å². The first-order valence-corrected chi connectivity index (χ1v) is 3.95. The van der Waals surface area contributed by atoms with E-state index in [1.165, 1.54) is 11.3 Å². The van der Waals surface area contributed by atoms with Crippen molar-refractivity contribution < 1.29 is 0 Å². The summed E-state index contributed by atoms with van der Waals surface area (Å²) in [6.07, 6.45) is 0. The third kappa shape index (κ3) is 1.58. The molecule has 2 N–H and O–H groups in total. The Bertz CT molecular complexity index is 189. The fourth-order valence-electron chi connectivity index (χ4n) is 0.492. The van der Waals surface area contributed by atoms with Crippen LogP contribution in [0.25, 0.3) is 0 Å². The maximum atomic E-state index is 5.64. The van der Waals surface area contributed by atoms with Crippen LogP contribution in [0.3, 0.4) is 0 Å². The predicted molar refractivity (Wildman–Crippen MR) is 42.2 cm³/mol. The minimum Gasteiger partial charge on any atom is -0.326 e. The largest absolute Gasteiger partial charge is 0.326 e. The molecule has 0 bridgehead atoms. The van der Waals surface area contributed by atoms with Crippen molar-refractivity contribution in [2.75, 3.05) is 0 Å². The Morgan fingerprint density at radius 2 is 2.22 bits per heavy atom. The minimum atomic E-state index is 0.511. The van der Waals surface area contributed by atoms with Gasteiger partial charge in [0.05, 0.1) is 5.02 Å². The smallest absolute Gasteiger partial charge is 0.112 e. The van der Waals surface area contributed by atoms with Gasteiger partial charge in [-0.15, -0.1) is 11.3 Å². The summed E-state index contributed by atoms with van der Waals surface area (Å²) in [4.78, 5) is 1.02. The predicted octanol–water partition coefficient (Wildman–Crippen LogP) is 2.51. The van der Waals surface area contributed by atoms with Crippen LogP contribution < -0.4 is 5.73 Å². The normalized spacial score (nSPS) is 10.1. The zero-order valence-electron chi connectivity index (χ0n) is 4.53. The van der Waals surface area contributed by atoms with Gasteiger partial charge in [-0.05, 0) is 6.07 Å². The number of hydrogen-bond donors (Lipinski definition) is 1. The Morgan fingerprint density at radius 3 is 2.44 bits per heavy atom. The Morgan fingerprint density at radius 1 is 1.56 bits per heavy atom. The average molecular weight is 182 g/mol. The fraction of sp³-hybridized carbons (Fsp3) is 0.200. The molecule has 9 heavy (non-hydrogen) atoms. The molecule has 0 radical (unpaired) electrons. The van der Waals surface area contributed by atoms with E-state index in [0.29, 0.717) is 15.9 Å². The van der Waals surface area contributed by atoms with Gasteiger partial charge in [0.1, 0.15) is 4.34 Å². The lowest BCUT2D eigenvalue weighted by molar-refractivity contribution is 1.11. The molecule has 1 nitrogen and oxygen atoms in total. The van der Waals surface area contributed by atoms with Crippen molar-refractivity contribution >= 4 is 34.5 Å². The van der Waals surface area contributed by atoms with E-state index in [-0.39, 0.29) is 0 Å². The van der Waals surface area contributed by atoms with Crippen molar-refractivity contribution in [3.05, 3.63) is 20.3 Å². The summed E-state index contributed by atoms with van der Waals surface area (Å²) in [7, 11) is 0. The highest BCUT2D eigenvalue weighted by molar-refractivity contribution is 7.16. The van der Waals surface area contributed by atoms with Crippen molar-refractivity contribution in [3.8, 4) is 0 Å². The molecule has 1 heterocycles. The maximum Gasteiger partial charge on any atom is 0.112 e. The number of thiophene rings is 1. The van der Waals surface area contributed by atoms with Crippen LogP contribution in [0.15, 0.2) is 6.07 Å². The van der Waals surface area contributed by atoms with E-state index < -0.39 is 0 Å². The maximum absolute atomic E-state index is 5.64. The van der Waals surface area contributed by atoms with Gasteiger partial charge in [0.2, 0.25) is 0 Å². The van der Waals surface area contributed by atoms with Crippen molar-refractivity contribution in [1.29, 1.82) is 0 Å². The Kier molecular flexibility index (Phi) is 2.35. The lowest BCUT2D eigenvalue weighted by atomic mass is 10.5. The molecule has 0 aliphatic rings. The lowest BCUT2D eigenvalue weighted by Gasteiger charge is -1.80. The van der Waals surface area contributed by atoms with Gasteiger partial charge in [-0.3, -0.25) is 0 Å². The summed E-state index contributed by atoms with van der Waals surface area (Å²) in [6.45, 7) is 0.511. The number of halogens is 2. The summed E-state index contributed by atoms with van der Waals surface area (Å²) in [5.74, 6) is 0. The standard InChI is InChI=1S/C5H5Cl2NS/c6-4-1-3(2-8)9-5(4)7/h1H,2,8H2. The molecule has 1 aromatic rings.